The molecule has 0 fully saturated rings. The number of rotatable bonds is 40. The average molecular weight is 867 g/mol. The largest absolute Gasteiger partial charge is 0.472 e. The molecule has 5 N–H and O–H groups in total. The van der Waals surface area contributed by atoms with E-state index in [-0.39, 0.29) is 18.9 Å². The normalized spacial score (nSPS) is 15.1. The second-order valence-electron chi connectivity index (χ2n) is 14.6. The molecule has 0 spiro atoms. The Kier molecular flexibility index (Phi) is 36.7. The summed E-state index contributed by atoms with van der Waals surface area (Å²) in [5.74, 6) is -1.11. The first-order chi connectivity index (χ1) is 27.7. The lowest BCUT2D eigenvalue weighted by molar-refractivity contribution is -0.161. The number of aliphatic hydroxyl groups is 2. The van der Waals surface area contributed by atoms with Gasteiger partial charge in [-0.15, -0.1) is 0 Å². The highest BCUT2D eigenvalue weighted by molar-refractivity contribution is 7.47. The second kappa shape index (κ2) is 38.0. The number of allylic oxidation sites excluding steroid dienone is 8. The molecule has 0 amide bonds. The van der Waals surface area contributed by atoms with Crippen molar-refractivity contribution in [2.45, 2.75) is 180 Å². The van der Waals surface area contributed by atoms with E-state index in [1.54, 1.807) is 6.92 Å². The molecule has 0 aromatic carbocycles. The molecule has 14 nitrogen and oxygen atoms in total. The Morgan fingerprint density at radius 2 is 1.00 bits per heavy atom. The molecule has 338 valence electrons. The fourth-order valence-electron chi connectivity index (χ4n) is 5.48. The van der Waals surface area contributed by atoms with Crippen LogP contribution in [0.4, 0.5) is 0 Å². The Bertz CT molecular complexity index is 1230. The number of hydrogen-bond donors (Lipinski definition) is 5. The van der Waals surface area contributed by atoms with Gasteiger partial charge in [0.05, 0.1) is 25.9 Å². The second-order valence-corrected chi connectivity index (χ2v) is 17.2. The summed E-state index contributed by atoms with van der Waals surface area (Å²) >= 11 is 0. The van der Waals surface area contributed by atoms with Crippen molar-refractivity contribution in [3.05, 3.63) is 48.6 Å². The summed E-state index contributed by atoms with van der Waals surface area (Å²) in [5.41, 5.74) is 0. The maximum atomic E-state index is 12.6. The Morgan fingerprint density at radius 1 is 0.552 bits per heavy atom. The lowest BCUT2D eigenvalue weighted by Gasteiger charge is -2.20. The van der Waals surface area contributed by atoms with Gasteiger partial charge in [0.25, 0.3) is 0 Å². The predicted octanol–water partition coefficient (Wildman–Crippen LogP) is 9.64. The highest BCUT2D eigenvalue weighted by Gasteiger charge is 2.28. The van der Waals surface area contributed by atoms with Gasteiger partial charge in [0.15, 0.2) is 6.10 Å². The molecule has 0 aliphatic rings. The topological polar surface area (TPSA) is 216 Å². The maximum Gasteiger partial charge on any atom is 0.472 e. The quantitative estimate of drug-likeness (QED) is 0.0168. The van der Waals surface area contributed by atoms with Crippen LogP contribution in [0, 0.1) is 0 Å². The van der Waals surface area contributed by atoms with Crippen molar-refractivity contribution in [1.82, 2.24) is 0 Å². The maximum absolute atomic E-state index is 12.6. The van der Waals surface area contributed by atoms with Gasteiger partial charge in [0, 0.05) is 12.8 Å². The third-order valence-electron chi connectivity index (χ3n) is 8.73. The number of carbonyl (C=O) groups excluding carboxylic acids is 2. The number of phosphoric acid groups is 2. The molecule has 58 heavy (non-hydrogen) atoms. The van der Waals surface area contributed by atoms with Crippen LogP contribution in [0.3, 0.4) is 0 Å². The zero-order chi connectivity index (χ0) is 43.2. The van der Waals surface area contributed by atoms with Crippen LogP contribution in [0.1, 0.15) is 162 Å². The van der Waals surface area contributed by atoms with Gasteiger partial charge in [-0.05, 0) is 64.7 Å². The summed E-state index contributed by atoms with van der Waals surface area (Å²) in [6.07, 6.45) is 35.3. The summed E-state index contributed by atoms with van der Waals surface area (Å²) in [5, 5.41) is 19.0. The molecular weight excluding hydrogens is 790 g/mol. The van der Waals surface area contributed by atoms with Crippen molar-refractivity contribution in [2.24, 2.45) is 0 Å². The smallest absolute Gasteiger partial charge is 0.462 e. The average Bonchev–Trinajstić information content (AvgIpc) is 3.16. The van der Waals surface area contributed by atoms with Gasteiger partial charge in [0.1, 0.15) is 12.7 Å². The summed E-state index contributed by atoms with van der Waals surface area (Å²) in [7, 11) is -9.70. The van der Waals surface area contributed by atoms with Crippen LogP contribution in [0.2, 0.25) is 0 Å². The van der Waals surface area contributed by atoms with E-state index in [0.717, 1.165) is 57.8 Å². The minimum atomic E-state index is -4.87. The number of ether oxygens (including phenoxy) is 2. The van der Waals surface area contributed by atoms with Gasteiger partial charge in [-0.2, -0.15) is 0 Å². The van der Waals surface area contributed by atoms with E-state index >= 15 is 0 Å². The lowest BCUT2D eigenvalue weighted by Crippen LogP contribution is -2.29. The van der Waals surface area contributed by atoms with Crippen LogP contribution >= 0.6 is 15.6 Å². The van der Waals surface area contributed by atoms with E-state index in [4.69, 9.17) is 23.8 Å². The number of phosphoric ester groups is 2. The zero-order valence-electron chi connectivity index (χ0n) is 35.2. The molecule has 16 heteroatoms. The van der Waals surface area contributed by atoms with Gasteiger partial charge >= 0.3 is 27.6 Å². The molecule has 0 radical (unpaired) electrons. The van der Waals surface area contributed by atoms with Crippen molar-refractivity contribution in [3.8, 4) is 0 Å². The van der Waals surface area contributed by atoms with E-state index in [1.807, 2.05) is 12.2 Å². The summed E-state index contributed by atoms with van der Waals surface area (Å²) in [6, 6.07) is 0. The molecule has 0 saturated carbocycles. The summed E-state index contributed by atoms with van der Waals surface area (Å²) in [6.45, 7) is 1.24. The first-order valence-electron chi connectivity index (χ1n) is 21.4. The summed E-state index contributed by atoms with van der Waals surface area (Å²) in [4.78, 5) is 52.6. The highest BCUT2D eigenvalue weighted by atomic mass is 31.2. The SMILES string of the molecule is CCCCCCCCCCCCCCCC(=O)OC[C@H](COP(=O)(O)OC[C@@H](O)COP(=O)(O)O)OC(=O)CCC/C=C\C/C=C\C/C=C\C/C=C\CCC[C@H](C)O. The lowest BCUT2D eigenvalue weighted by atomic mass is 10.0. The molecule has 4 atom stereocenters. The van der Waals surface area contributed by atoms with E-state index < -0.39 is 66.2 Å². The van der Waals surface area contributed by atoms with Crippen molar-refractivity contribution in [3.63, 3.8) is 0 Å². The van der Waals surface area contributed by atoms with Crippen molar-refractivity contribution in [2.75, 3.05) is 26.4 Å². The minimum absolute atomic E-state index is 0.0441. The van der Waals surface area contributed by atoms with Crippen LogP contribution in [0.5, 0.6) is 0 Å². The van der Waals surface area contributed by atoms with Gasteiger partial charge in [0.2, 0.25) is 0 Å². The van der Waals surface area contributed by atoms with Crippen LogP contribution in [-0.2, 0) is 41.8 Å². The monoisotopic (exact) mass is 866 g/mol. The fraction of sp³-hybridized carbons (Fsp3) is 0.762. The molecular formula is C42H76O14P2. The molecule has 1 unspecified atom stereocenters. The third-order valence-corrected chi connectivity index (χ3v) is 10.2. The number of carbonyl (C=O) groups is 2. The molecule has 0 aromatic heterocycles. The Morgan fingerprint density at radius 3 is 1.52 bits per heavy atom. The summed E-state index contributed by atoms with van der Waals surface area (Å²) < 4.78 is 47.6. The van der Waals surface area contributed by atoms with Gasteiger partial charge in [-0.1, -0.05) is 133 Å². The molecule has 0 bridgehead atoms. The van der Waals surface area contributed by atoms with Crippen LogP contribution < -0.4 is 0 Å². The Labute approximate surface area is 348 Å². The number of unbranched alkanes of at least 4 members (excludes halogenated alkanes) is 14. The highest BCUT2D eigenvalue weighted by Crippen LogP contribution is 2.43. The first kappa shape index (κ1) is 56.0. The molecule has 0 aromatic rings. The van der Waals surface area contributed by atoms with Crippen LogP contribution in [0.15, 0.2) is 48.6 Å². The Hall–Kier alpha value is -1.96. The van der Waals surface area contributed by atoms with Crippen molar-refractivity contribution >= 4 is 27.6 Å². The van der Waals surface area contributed by atoms with E-state index in [2.05, 4.69) is 52.4 Å². The first-order valence-corrected chi connectivity index (χ1v) is 24.4. The van der Waals surface area contributed by atoms with Crippen molar-refractivity contribution in [1.29, 1.82) is 0 Å². The van der Waals surface area contributed by atoms with E-state index in [9.17, 15) is 33.8 Å². The number of aliphatic hydroxyl groups excluding tert-OH is 2. The van der Waals surface area contributed by atoms with E-state index in [0.29, 0.717) is 19.3 Å². The van der Waals surface area contributed by atoms with Gasteiger partial charge in [-0.3, -0.25) is 23.2 Å². The third kappa shape index (κ3) is 42.2. The molecule has 0 saturated heterocycles. The number of hydrogen-bond acceptors (Lipinski definition) is 11. The van der Waals surface area contributed by atoms with Gasteiger partial charge in [-0.25, -0.2) is 9.13 Å². The van der Waals surface area contributed by atoms with Crippen molar-refractivity contribution < 1.29 is 66.7 Å². The molecule has 0 aliphatic heterocycles. The van der Waals surface area contributed by atoms with E-state index in [1.165, 1.54) is 57.8 Å². The predicted molar refractivity (Wildman–Crippen MR) is 227 cm³/mol. The molecule has 0 heterocycles. The fourth-order valence-corrected chi connectivity index (χ4v) is 6.63. The van der Waals surface area contributed by atoms with Gasteiger partial charge < -0.3 is 34.4 Å². The zero-order valence-corrected chi connectivity index (χ0v) is 37.0. The number of esters is 2. The molecule has 0 aliphatic carbocycles. The van der Waals surface area contributed by atoms with Crippen LogP contribution in [0.25, 0.3) is 0 Å². The Balaban J connectivity index is 4.62. The van der Waals surface area contributed by atoms with Crippen LogP contribution in [-0.4, -0.2) is 81.6 Å². The standard InChI is InChI=1S/C42H76O14P2/c1-3-4-5-6-7-8-9-13-17-20-23-26-29-32-41(45)52-36-40(37-55-58(50,51)54-35-39(44)34-53-57(47,48)49)56-42(46)33-30-27-24-21-18-15-12-10-11-14-16-19-22-25-28-31-38(2)43/h11-12,14-15,19,21-22,24,38-40,43-44H,3-10,13,16-18,20,23,25-37H2,1-2H3,(H,50,51)(H2,47,48,49)/b14-11-,15-12-,22-19-,24-21-/t38-,39-,40+/m0/s1. The molecule has 0 rings (SSSR count). The minimum Gasteiger partial charge on any atom is -0.462 e.